The minimum absolute atomic E-state index is 0.0438. The lowest BCUT2D eigenvalue weighted by Crippen LogP contribution is -2.12. The Morgan fingerprint density at radius 3 is 2.22 bits per heavy atom. The van der Waals surface area contributed by atoms with Crippen LogP contribution in [0, 0.1) is 0 Å². The number of alkyl halides is 3. The van der Waals surface area contributed by atoms with E-state index in [1.165, 1.54) is 24.3 Å². The molecule has 18 heavy (non-hydrogen) atoms. The van der Waals surface area contributed by atoms with E-state index >= 15 is 0 Å². The summed E-state index contributed by atoms with van der Waals surface area (Å²) in [5.74, 6) is -0.125. The van der Waals surface area contributed by atoms with Gasteiger partial charge in [-0.2, -0.15) is 13.2 Å². The fraction of sp³-hybridized carbons (Fsp3) is 0.333. The quantitative estimate of drug-likeness (QED) is 0.816. The molecule has 0 spiro atoms. The monoisotopic (exact) mass is 300 g/mol. The van der Waals surface area contributed by atoms with Gasteiger partial charge in [-0.15, -0.1) is 0 Å². The second-order valence-electron chi connectivity index (χ2n) is 3.29. The number of benzene rings is 1. The van der Waals surface area contributed by atoms with Crippen LogP contribution >= 0.6 is 11.8 Å². The molecule has 0 aromatic heterocycles. The second kappa shape index (κ2) is 5.81. The summed E-state index contributed by atoms with van der Waals surface area (Å²) in [6.45, 7) is 0.124. The lowest BCUT2D eigenvalue weighted by Gasteiger charge is -2.08. The van der Waals surface area contributed by atoms with E-state index in [1.807, 2.05) is 0 Å². The van der Waals surface area contributed by atoms with Gasteiger partial charge >= 0.3 is 5.51 Å². The van der Waals surface area contributed by atoms with E-state index < -0.39 is 15.5 Å². The highest BCUT2D eigenvalue weighted by molar-refractivity contribution is 8.00. The van der Waals surface area contributed by atoms with Crippen LogP contribution in [-0.2, 0) is 10.0 Å². The number of hydrogen-bond acceptors (Lipinski definition) is 4. The van der Waals surface area contributed by atoms with Gasteiger partial charge in [-0.25, -0.2) is 13.6 Å². The first-order valence-corrected chi connectivity index (χ1v) is 7.29. The smallest absolute Gasteiger partial charge is 0.384 e. The molecule has 3 N–H and O–H groups in total. The molecule has 0 unspecified atom stereocenters. The van der Waals surface area contributed by atoms with E-state index in [4.69, 9.17) is 5.14 Å². The molecule has 0 amide bonds. The average Bonchev–Trinajstić information content (AvgIpc) is 2.22. The Morgan fingerprint density at radius 2 is 1.78 bits per heavy atom. The van der Waals surface area contributed by atoms with E-state index in [1.54, 1.807) is 0 Å². The summed E-state index contributed by atoms with van der Waals surface area (Å²) < 4.78 is 57.3. The summed E-state index contributed by atoms with van der Waals surface area (Å²) in [4.78, 5) is -0.0438. The van der Waals surface area contributed by atoms with Crippen molar-refractivity contribution in [3.05, 3.63) is 24.3 Å². The Kier molecular flexibility index (Phi) is 4.88. The Morgan fingerprint density at radius 1 is 1.22 bits per heavy atom. The number of thioether (sulfide) groups is 1. The van der Waals surface area contributed by atoms with Crippen LogP contribution in [0.3, 0.4) is 0 Å². The molecule has 9 heteroatoms. The number of hydrogen-bond donors (Lipinski definition) is 2. The highest BCUT2D eigenvalue weighted by Gasteiger charge is 2.27. The highest BCUT2D eigenvalue weighted by Crippen LogP contribution is 2.29. The maximum absolute atomic E-state index is 11.8. The van der Waals surface area contributed by atoms with E-state index in [-0.39, 0.29) is 29.0 Å². The van der Waals surface area contributed by atoms with Gasteiger partial charge in [0.1, 0.15) is 0 Å². The summed E-state index contributed by atoms with van der Waals surface area (Å²) in [6, 6.07) is 5.46. The third-order valence-corrected chi connectivity index (χ3v) is 3.54. The van der Waals surface area contributed by atoms with Gasteiger partial charge in [0.25, 0.3) is 0 Å². The number of anilines is 1. The van der Waals surface area contributed by atoms with Crippen molar-refractivity contribution in [1.29, 1.82) is 0 Å². The van der Waals surface area contributed by atoms with Crippen LogP contribution in [0.5, 0.6) is 0 Å². The third kappa shape index (κ3) is 5.61. The van der Waals surface area contributed by atoms with Crippen molar-refractivity contribution in [2.75, 3.05) is 17.6 Å². The molecule has 0 fully saturated rings. The Hall–Kier alpha value is -0.930. The summed E-state index contributed by atoms with van der Waals surface area (Å²) >= 11 is -0.118. The van der Waals surface area contributed by atoms with Crippen molar-refractivity contribution in [3.63, 3.8) is 0 Å². The largest absolute Gasteiger partial charge is 0.441 e. The van der Waals surface area contributed by atoms with Crippen molar-refractivity contribution in [1.82, 2.24) is 0 Å². The molecular formula is C9H11F3N2O2S2. The van der Waals surface area contributed by atoms with Crippen molar-refractivity contribution >= 4 is 27.5 Å². The first kappa shape index (κ1) is 15.1. The summed E-state index contributed by atoms with van der Waals surface area (Å²) in [6.07, 6.45) is 0. The Labute approximate surface area is 107 Å². The van der Waals surface area contributed by atoms with Gasteiger partial charge in [0.15, 0.2) is 0 Å². The second-order valence-corrected chi connectivity index (χ2v) is 6.01. The molecule has 0 aliphatic rings. The molecule has 0 heterocycles. The number of sulfonamides is 1. The number of rotatable bonds is 5. The fourth-order valence-corrected chi connectivity index (χ4v) is 2.08. The standard InChI is InChI=1S/C9H11F3N2O2S2/c10-9(11,12)17-6-5-14-7-1-3-8(4-2-7)18(13,15)16/h1-4,14H,5-6H2,(H2,13,15,16). The van der Waals surface area contributed by atoms with E-state index in [0.717, 1.165) is 0 Å². The maximum Gasteiger partial charge on any atom is 0.441 e. The van der Waals surface area contributed by atoms with Crippen LogP contribution in [0.1, 0.15) is 0 Å². The minimum Gasteiger partial charge on any atom is -0.384 e. The van der Waals surface area contributed by atoms with Gasteiger partial charge in [-0.05, 0) is 36.0 Å². The predicted octanol–water partition coefficient (Wildman–Crippen LogP) is 2.00. The van der Waals surface area contributed by atoms with Crippen LogP contribution in [0.15, 0.2) is 29.2 Å². The average molecular weight is 300 g/mol. The molecule has 0 bridgehead atoms. The van der Waals surface area contributed by atoms with E-state index in [9.17, 15) is 21.6 Å². The van der Waals surface area contributed by atoms with Gasteiger partial charge in [0.2, 0.25) is 10.0 Å². The van der Waals surface area contributed by atoms with Crippen molar-refractivity contribution in [2.24, 2.45) is 5.14 Å². The van der Waals surface area contributed by atoms with Gasteiger partial charge in [0, 0.05) is 18.0 Å². The first-order chi connectivity index (χ1) is 8.18. The van der Waals surface area contributed by atoms with Gasteiger partial charge in [-0.3, -0.25) is 0 Å². The minimum atomic E-state index is -4.24. The number of halogens is 3. The lowest BCUT2D eigenvalue weighted by atomic mass is 10.3. The molecule has 4 nitrogen and oxygen atoms in total. The zero-order valence-electron chi connectivity index (χ0n) is 9.07. The van der Waals surface area contributed by atoms with Gasteiger partial charge in [0.05, 0.1) is 4.90 Å². The third-order valence-electron chi connectivity index (χ3n) is 1.88. The zero-order chi connectivity index (χ0) is 13.8. The molecule has 0 aliphatic carbocycles. The van der Waals surface area contributed by atoms with Crippen molar-refractivity contribution in [2.45, 2.75) is 10.4 Å². The Bertz CT molecular complexity index is 486. The summed E-state index contributed by atoms with van der Waals surface area (Å²) in [5.41, 5.74) is -3.70. The lowest BCUT2D eigenvalue weighted by molar-refractivity contribution is -0.0327. The molecule has 0 radical (unpaired) electrons. The number of nitrogens with one attached hydrogen (secondary N) is 1. The molecule has 0 atom stereocenters. The normalized spacial score (nSPS) is 12.4. The van der Waals surface area contributed by atoms with Crippen LogP contribution < -0.4 is 10.5 Å². The SMILES string of the molecule is NS(=O)(=O)c1ccc(NCCSC(F)(F)F)cc1. The summed E-state index contributed by atoms with van der Waals surface area (Å²) in [7, 11) is -3.74. The molecule has 1 aromatic rings. The maximum atomic E-state index is 11.8. The molecule has 1 aromatic carbocycles. The van der Waals surface area contributed by atoms with Gasteiger partial charge < -0.3 is 5.32 Å². The van der Waals surface area contributed by atoms with Crippen molar-refractivity contribution < 1.29 is 21.6 Å². The van der Waals surface area contributed by atoms with E-state index in [0.29, 0.717) is 5.69 Å². The molecule has 0 saturated heterocycles. The number of nitrogens with two attached hydrogens (primary N) is 1. The topological polar surface area (TPSA) is 72.2 Å². The zero-order valence-corrected chi connectivity index (χ0v) is 10.7. The van der Waals surface area contributed by atoms with Gasteiger partial charge in [-0.1, -0.05) is 0 Å². The van der Waals surface area contributed by atoms with Crippen LogP contribution in [0.2, 0.25) is 0 Å². The molecule has 1 rings (SSSR count). The van der Waals surface area contributed by atoms with E-state index in [2.05, 4.69) is 5.32 Å². The van der Waals surface area contributed by atoms with Crippen molar-refractivity contribution in [3.8, 4) is 0 Å². The first-order valence-electron chi connectivity index (χ1n) is 4.76. The number of primary sulfonamides is 1. The molecule has 0 saturated carbocycles. The van der Waals surface area contributed by atoms with Crippen LogP contribution in [-0.4, -0.2) is 26.2 Å². The predicted molar refractivity (Wildman–Crippen MR) is 64.8 cm³/mol. The Balaban J connectivity index is 2.45. The summed E-state index contributed by atoms with van der Waals surface area (Å²) in [5, 5.41) is 7.64. The highest BCUT2D eigenvalue weighted by atomic mass is 32.2. The van der Waals surface area contributed by atoms with Crippen LogP contribution in [0.25, 0.3) is 0 Å². The fourth-order valence-electron chi connectivity index (χ4n) is 1.12. The van der Waals surface area contributed by atoms with Crippen LogP contribution in [0.4, 0.5) is 18.9 Å². The molecular weight excluding hydrogens is 289 g/mol. The molecule has 102 valence electrons. The molecule has 0 aliphatic heterocycles.